The molecular formula is C34H30Br2Cl2N2O4. The van der Waals surface area contributed by atoms with Crippen molar-refractivity contribution in [1.82, 2.24) is 5.32 Å². The highest BCUT2D eigenvalue weighted by Crippen LogP contribution is 2.45. The van der Waals surface area contributed by atoms with Crippen LogP contribution in [0.3, 0.4) is 0 Å². The molecule has 0 aliphatic carbocycles. The molecule has 6 nitrogen and oxygen atoms in total. The monoisotopic (exact) mass is 758 g/mol. The Labute approximate surface area is 283 Å². The first-order chi connectivity index (χ1) is 21.3. The predicted molar refractivity (Wildman–Crippen MR) is 182 cm³/mol. The van der Waals surface area contributed by atoms with Crippen molar-refractivity contribution in [2.24, 2.45) is 4.99 Å². The van der Waals surface area contributed by atoms with Crippen LogP contribution in [0.15, 0.2) is 105 Å². The first-order valence-corrected chi connectivity index (χ1v) is 16.4. The number of amides is 1. The van der Waals surface area contributed by atoms with Gasteiger partial charge in [-0.3, -0.25) is 4.79 Å². The van der Waals surface area contributed by atoms with Gasteiger partial charge in [-0.25, -0.2) is 4.99 Å². The Morgan fingerprint density at radius 1 is 1.00 bits per heavy atom. The van der Waals surface area contributed by atoms with E-state index in [1.807, 2.05) is 72.8 Å². The number of halogens is 4. The van der Waals surface area contributed by atoms with E-state index in [2.05, 4.69) is 37.2 Å². The zero-order chi connectivity index (χ0) is 31.1. The number of hydrogen-bond donors (Lipinski definition) is 2. The molecule has 2 N–H and O–H groups in total. The molecule has 4 aromatic rings. The van der Waals surface area contributed by atoms with Crippen molar-refractivity contribution < 1.29 is 19.4 Å². The summed E-state index contributed by atoms with van der Waals surface area (Å²) in [4.78, 5) is 19.5. The predicted octanol–water partition coefficient (Wildman–Crippen LogP) is 8.14. The zero-order valence-corrected chi connectivity index (χ0v) is 28.3. The van der Waals surface area contributed by atoms with Gasteiger partial charge in [0.2, 0.25) is 5.90 Å². The van der Waals surface area contributed by atoms with E-state index in [9.17, 15) is 4.79 Å². The molecule has 2 atom stereocenters. The summed E-state index contributed by atoms with van der Waals surface area (Å²) in [5, 5.41) is 13.1. The fourth-order valence-electron chi connectivity index (χ4n) is 5.03. The average molecular weight is 761 g/mol. The standard InChI is InChI=1S/C34H30Br2Cl2N2O4/c35-25-10-6-22(7-11-25)16-17-39-33(42)34(21-24-4-1-2-5-29(24)36)31(28-15-12-26(37)20-30(28)38)44-32(40-34)23-8-13-27(14-9-23)43-19-3-18-41/h1-2,4-15,20,31,41H,3,16-19,21H2,(H,39,42)/t31-,34-/m1/s1. The second-order valence-corrected chi connectivity index (χ2v) is 13.0. The number of rotatable bonds is 12. The molecule has 0 unspecified atom stereocenters. The minimum Gasteiger partial charge on any atom is -0.494 e. The molecule has 228 valence electrons. The van der Waals surface area contributed by atoms with Gasteiger partial charge in [-0.1, -0.05) is 91.5 Å². The Morgan fingerprint density at radius 3 is 2.45 bits per heavy atom. The van der Waals surface area contributed by atoms with Crippen LogP contribution < -0.4 is 10.1 Å². The SMILES string of the molecule is O=C(NCCc1ccc(Br)cc1)[C@]1(Cc2ccccc2Br)N=C(c2ccc(OCCCO)cc2)O[C@@H]1c1ccc(Cl)cc1Cl. The van der Waals surface area contributed by atoms with Crippen LogP contribution in [0.25, 0.3) is 0 Å². The van der Waals surface area contributed by atoms with Gasteiger partial charge in [0.1, 0.15) is 5.75 Å². The maximum atomic E-state index is 14.4. The minimum absolute atomic E-state index is 0.0577. The number of aliphatic hydroxyl groups excluding tert-OH is 1. The Hall–Kier alpha value is -2.88. The van der Waals surface area contributed by atoms with Crippen LogP contribution in [-0.2, 0) is 22.4 Å². The number of nitrogens with one attached hydrogen (secondary N) is 1. The number of aliphatic hydroxyl groups is 1. The lowest BCUT2D eigenvalue weighted by Crippen LogP contribution is -2.50. The lowest BCUT2D eigenvalue weighted by Gasteiger charge is -2.31. The largest absolute Gasteiger partial charge is 0.494 e. The molecule has 1 aliphatic heterocycles. The van der Waals surface area contributed by atoms with Crippen LogP contribution >= 0.6 is 55.1 Å². The van der Waals surface area contributed by atoms with Gasteiger partial charge in [0.15, 0.2) is 11.6 Å². The number of carbonyl (C=O) groups excluding carboxylic acids is 1. The normalized spacial score (nSPS) is 17.6. The summed E-state index contributed by atoms with van der Waals surface area (Å²) >= 11 is 20.1. The molecule has 4 aromatic carbocycles. The van der Waals surface area contributed by atoms with Crippen molar-refractivity contribution in [3.63, 3.8) is 0 Å². The maximum absolute atomic E-state index is 14.4. The van der Waals surface area contributed by atoms with E-state index in [0.717, 1.165) is 20.1 Å². The molecule has 1 aliphatic rings. The highest BCUT2D eigenvalue weighted by molar-refractivity contribution is 9.10. The fourth-order valence-corrected chi connectivity index (χ4v) is 6.23. The molecule has 0 radical (unpaired) electrons. The number of ether oxygens (including phenoxy) is 2. The van der Waals surface area contributed by atoms with Gasteiger partial charge < -0.3 is 19.9 Å². The summed E-state index contributed by atoms with van der Waals surface area (Å²) in [5.74, 6) is 0.696. The second kappa shape index (κ2) is 14.9. The van der Waals surface area contributed by atoms with Gasteiger partial charge in [-0.15, -0.1) is 0 Å². The molecule has 0 aromatic heterocycles. The van der Waals surface area contributed by atoms with Crippen molar-refractivity contribution in [3.05, 3.63) is 132 Å². The highest BCUT2D eigenvalue weighted by Gasteiger charge is 2.54. The molecule has 0 spiro atoms. The summed E-state index contributed by atoms with van der Waals surface area (Å²) in [6.45, 7) is 0.867. The quantitative estimate of drug-likeness (QED) is 0.143. The van der Waals surface area contributed by atoms with Crippen molar-refractivity contribution in [2.75, 3.05) is 19.8 Å². The fraction of sp³-hybridized carbons (Fsp3) is 0.235. The van der Waals surface area contributed by atoms with Crippen molar-refractivity contribution in [1.29, 1.82) is 0 Å². The molecular weight excluding hydrogens is 731 g/mol. The Kier molecular flexibility index (Phi) is 11.0. The van der Waals surface area contributed by atoms with Gasteiger partial charge in [0, 0.05) is 56.1 Å². The second-order valence-electron chi connectivity index (χ2n) is 10.4. The van der Waals surface area contributed by atoms with E-state index in [-0.39, 0.29) is 18.9 Å². The number of carbonyl (C=O) groups is 1. The average Bonchev–Trinajstić information content (AvgIpc) is 3.40. The van der Waals surface area contributed by atoms with Gasteiger partial charge in [-0.05, 0) is 72.1 Å². The van der Waals surface area contributed by atoms with Gasteiger partial charge in [-0.2, -0.15) is 0 Å². The Morgan fingerprint density at radius 2 is 1.75 bits per heavy atom. The van der Waals surface area contributed by atoms with Crippen LogP contribution in [0.2, 0.25) is 10.0 Å². The van der Waals surface area contributed by atoms with Crippen LogP contribution in [0.4, 0.5) is 0 Å². The summed E-state index contributed by atoms with van der Waals surface area (Å²) < 4.78 is 14.1. The maximum Gasteiger partial charge on any atom is 0.252 e. The number of nitrogens with zero attached hydrogens (tertiary/aromatic N) is 1. The van der Waals surface area contributed by atoms with E-state index in [4.69, 9.17) is 42.8 Å². The summed E-state index contributed by atoms with van der Waals surface area (Å²) in [7, 11) is 0. The lowest BCUT2D eigenvalue weighted by atomic mass is 9.82. The molecule has 0 bridgehead atoms. The molecule has 5 rings (SSSR count). The molecule has 10 heteroatoms. The first kappa shape index (κ1) is 32.5. The third-order valence-corrected chi connectivity index (χ3v) is 9.17. The molecule has 1 amide bonds. The van der Waals surface area contributed by atoms with Gasteiger partial charge in [0.25, 0.3) is 5.91 Å². The van der Waals surface area contributed by atoms with Crippen LogP contribution in [0, 0.1) is 0 Å². The van der Waals surface area contributed by atoms with Crippen molar-refractivity contribution in [3.8, 4) is 5.75 Å². The first-order valence-electron chi connectivity index (χ1n) is 14.1. The van der Waals surface area contributed by atoms with E-state index in [1.54, 1.807) is 18.2 Å². The van der Waals surface area contributed by atoms with E-state index >= 15 is 0 Å². The molecule has 0 saturated carbocycles. The molecule has 44 heavy (non-hydrogen) atoms. The van der Waals surface area contributed by atoms with Crippen molar-refractivity contribution in [2.45, 2.75) is 30.9 Å². The van der Waals surface area contributed by atoms with E-state index in [1.165, 1.54) is 0 Å². The lowest BCUT2D eigenvalue weighted by molar-refractivity contribution is -0.128. The third-order valence-electron chi connectivity index (χ3n) is 7.31. The summed E-state index contributed by atoms with van der Waals surface area (Å²) in [6.07, 6.45) is 0.581. The molecule has 1 heterocycles. The van der Waals surface area contributed by atoms with E-state index in [0.29, 0.717) is 58.8 Å². The molecule has 0 saturated heterocycles. The number of benzene rings is 4. The zero-order valence-electron chi connectivity index (χ0n) is 23.6. The number of aliphatic imine (C=N–C) groups is 1. The van der Waals surface area contributed by atoms with E-state index < -0.39 is 11.6 Å². The Bertz CT molecular complexity index is 1630. The molecule has 0 fully saturated rings. The van der Waals surface area contributed by atoms with Crippen LogP contribution in [0.1, 0.15) is 34.8 Å². The minimum atomic E-state index is -1.40. The summed E-state index contributed by atoms with van der Waals surface area (Å²) in [6, 6.07) is 28.2. The van der Waals surface area contributed by atoms with Gasteiger partial charge >= 0.3 is 0 Å². The van der Waals surface area contributed by atoms with Crippen molar-refractivity contribution >= 4 is 66.9 Å². The highest BCUT2D eigenvalue weighted by atomic mass is 79.9. The number of hydrogen-bond acceptors (Lipinski definition) is 5. The van der Waals surface area contributed by atoms with Gasteiger partial charge in [0.05, 0.1) is 6.61 Å². The van der Waals surface area contributed by atoms with Crippen LogP contribution in [0.5, 0.6) is 5.75 Å². The summed E-state index contributed by atoms with van der Waals surface area (Å²) in [5.41, 5.74) is 1.89. The van der Waals surface area contributed by atoms with Crippen LogP contribution in [-0.4, -0.2) is 42.2 Å². The third kappa shape index (κ3) is 7.66. The smallest absolute Gasteiger partial charge is 0.252 e. The topological polar surface area (TPSA) is 80.2 Å². The Balaban J connectivity index is 1.54.